The Kier molecular flexibility index (Phi) is 15.1. The minimum absolute atomic E-state index is 0.0152. The predicted molar refractivity (Wildman–Crippen MR) is 185 cm³/mol. The lowest BCUT2D eigenvalue weighted by atomic mass is 9.86. The van der Waals surface area contributed by atoms with Crippen molar-refractivity contribution in [3.05, 3.63) is 29.8 Å². The summed E-state index contributed by atoms with van der Waals surface area (Å²) >= 11 is 0. The number of esters is 2. The number of rotatable bonds is 14. The lowest BCUT2D eigenvalue weighted by Crippen LogP contribution is -2.35. The SMILES string of the molecule is CCOC(=O)C[C@@H]1OC([C@H]2COC(C)(C)O2)[C@H](C)[C@H]1CO.CCOC(=O)C[C@@H]1OC([C@H]2COC(C)(C)O2)[C@H](C)[C@H]1COCc1ccc(OC)cc1. The van der Waals surface area contributed by atoms with Crippen LogP contribution in [-0.4, -0.2) is 112 Å². The van der Waals surface area contributed by atoms with Crippen molar-refractivity contribution in [2.45, 2.75) is 123 Å². The van der Waals surface area contributed by atoms with E-state index in [0.717, 1.165) is 11.3 Å². The molecular weight excluding hydrogens is 664 g/mol. The van der Waals surface area contributed by atoms with E-state index in [4.69, 9.17) is 47.4 Å². The molecule has 0 saturated carbocycles. The van der Waals surface area contributed by atoms with Crippen LogP contribution in [0.5, 0.6) is 5.75 Å². The molecule has 0 aliphatic carbocycles. The first-order chi connectivity index (χ1) is 24.2. The van der Waals surface area contributed by atoms with Crippen molar-refractivity contribution in [2.24, 2.45) is 23.7 Å². The molecule has 4 saturated heterocycles. The van der Waals surface area contributed by atoms with Gasteiger partial charge in [-0.1, -0.05) is 26.0 Å². The highest BCUT2D eigenvalue weighted by atomic mass is 16.8. The zero-order valence-corrected chi connectivity index (χ0v) is 31.8. The van der Waals surface area contributed by atoms with Crippen molar-refractivity contribution in [3.8, 4) is 5.75 Å². The molecule has 51 heavy (non-hydrogen) atoms. The Bertz CT molecular complexity index is 1240. The summed E-state index contributed by atoms with van der Waals surface area (Å²) < 4.78 is 56.8. The fourth-order valence-electron chi connectivity index (χ4n) is 7.37. The topological polar surface area (TPSA) is 147 Å². The first-order valence-corrected chi connectivity index (χ1v) is 18.3. The molecule has 1 aromatic carbocycles. The van der Waals surface area contributed by atoms with Crippen LogP contribution < -0.4 is 4.74 Å². The predicted octanol–water partition coefficient (Wildman–Crippen LogP) is 4.44. The Morgan fingerprint density at radius 3 is 1.67 bits per heavy atom. The second-order valence-electron chi connectivity index (χ2n) is 14.6. The number of ether oxygens (including phenoxy) is 10. The molecule has 0 bridgehead atoms. The highest BCUT2D eigenvalue weighted by Gasteiger charge is 2.51. The molecule has 13 nitrogen and oxygen atoms in total. The Hall–Kier alpha value is -2.36. The van der Waals surface area contributed by atoms with Crippen molar-refractivity contribution in [3.63, 3.8) is 0 Å². The van der Waals surface area contributed by atoms with E-state index < -0.39 is 11.6 Å². The summed E-state index contributed by atoms with van der Waals surface area (Å²) in [6.07, 6.45) is -0.890. The van der Waals surface area contributed by atoms with Crippen molar-refractivity contribution in [2.75, 3.05) is 46.8 Å². The fourth-order valence-corrected chi connectivity index (χ4v) is 7.37. The summed E-state index contributed by atoms with van der Waals surface area (Å²) in [7, 11) is 1.65. The van der Waals surface area contributed by atoms with E-state index in [1.807, 2.05) is 58.9 Å². The largest absolute Gasteiger partial charge is 0.497 e. The van der Waals surface area contributed by atoms with Gasteiger partial charge in [0.25, 0.3) is 0 Å². The number of carbonyl (C=O) groups is 2. The number of hydrogen-bond acceptors (Lipinski definition) is 13. The molecule has 4 aliphatic rings. The van der Waals surface area contributed by atoms with Crippen LogP contribution in [0.1, 0.15) is 73.8 Å². The molecule has 13 heteroatoms. The molecule has 4 aliphatic heterocycles. The Balaban J connectivity index is 0.000000244. The standard InChI is InChI=1S/C23H34O7.C15H26O6/c1-6-27-21(24)11-19-18(13-26-12-16-7-9-17(25-5)10-8-16)15(2)22(29-19)20-14-28-23(3,4)30-20;1-5-18-13(17)6-11-10(7-16)9(2)14(20-11)12-8-19-15(3,4)21-12/h7-10,15,18-20,22H,6,11-14H2,1-5H3;9-12,14,16H,5-8H2,1-4H3/t15-,18-,19+,20-,22?;9-,10-,11+,12-,14?/m11/s1. The summed E-state index contributed by atoms with van der Waals surface area (Å²) in [5.41, 5.74) is 1.06. The number of benzene rings is 1. The van der Waals surface area contributed by atoms with Crippen molar-refractivity contribution < 1.29 is 62.1 Å². The van der Waals surface area contributed by atoms with Crippen molar-refractivity contribution >= 4 is 11.9 Å². The normalized spacial score (nSPS) is 33.8. The first kappa shape index (κ1) is 41.4. The number of aliphatic hydroxyl groups excluding tert-OH is 1. The van der Waals surface area contributed by atoms with Crippen molar-refractivity contribution in [1.29, 1.82) is 0 Å². The van der Waals surface area contributed by atoms with Crippen LogP contribution in [0, 0.1) is 23.7 Å². The highest BCUT2D eigenvalue weighted by Crippen LogP contribution is 2.41. The first-order valence-electron chi connectivity index (χ1n) is 18.3. The number of hydrogen-bond donors (Lipinski definition) is 1. The molecule has 0 radical (unpaired) electrons. The Morgan fingerprint density at radius 1 is 0.784 bits per heavy atom. The van der Waals surface area contributed by atoms with Crippen LogP contribution in [0.25, 0.3) is 0 Å². The van der Waals surface area contributed by atoms with Gasteiger partial charge in [0.1, 0.15) is 18.0 Å². The van der Waals surface area contributed by atoms with Crippen LogP contribution in [0.4, 0.5) is 0 Å². The second kappa shape index (κ2) is 18.6. The van der Waals surface area contributed by atoms with Crippen LogP contribution in [-0.2, 0) is 58.8 Å². The Labute approximate surface area is 302 Å². The molecule has 0 amide bonds. The number of aliphatic hydroxyl groups is 1. The maximum absolute atomic E-state index is 12.1. The minimum atomic E-state index is -0.618. The zero-order valence-electron chi connectivity index (χ0n) is 31.8. The third-order valence-electron chi connectivity index (χ3n) is 10.1. The maximum Gasteiger partial charge on any atom is 0.308 e. The molecule has 5 rings (SSSR count). The lowest BCUT2D eigenvalue weighted by Gasteiger charge is -2.24. The molecule has 1 aromatic rings. The second-order valence-corrected chi connectivity index (χ2v) is 14.6. The van der Waals surface area contributed by atoms with E-state index in [1.54, 1.807) is 21.0 Å². The average molecular weight is 725 g/mol. The van der Waals surface area contributed by atoms with E-state index in [-0.39, 0.29) is 91.7 Å². The third-order valence-corrected chi connectivity index (χ3v) is 10.1. The van der Waals surface area contributed by atoms with Gasteiger partial charge < -0.3 is 52.5 Å². The molecule has 4 fully saturated rings. The molecule has 2 unspecified atom stereocenters. The average Bonchev–Trinajstić information content (AvgIpc) is 3.80. The van der Waals surface area contributed by atoms with Gasteiger partial charge in [-0.05, 0) is 71.1 Å². The minimum Gasteiger partial charge on any atom is -0.497 e. The van der Waals surface area contributed by atoms with E-state index in [2.05, 4.69) is 6.92 Å². The summed E-state index contributed by atoms with van der Waals surface area (Å²) in [6, 6.07) is 7.80. The van der Waals surface area contributed by atoms with Gasteiger partial charge in [-0.2, -0.15) is 0 Å². The zero-order chi connectivity index (χ0) is 37.3. The Morgan fingerprint density at radius 2 is 1.25 bits per heavy atom. The molecule has 4 heterocycles. The monoisotopic (exact) mass is 724 g/mol. The molecule has 1 N–H and O–H groups in total. The molecule has 290 valence electrons. The molecule has 0 spiro atoms. The van der Waals surface area contributed by atoms with Gasteiger partial charge in [0.15, 0.2) is 11.6 Å². The van der Waals surface area contributed by atoms with E-state index in [9.17, 15) is 14.7 Å². The van der Waals surface area contributed by atoms with Crippen molar-refractivity contribution in [1.82, 2.24) is 0 Å². The van der Waals surface area contributed by atoms with Gasteiger partial charge in [-0.15, -0.1) is 0 Å². The summed E-state index contributed by atoms with van der Waals surface area (Å²) in [5, 5.41) is 9.61. The molecule has 10 atom stereocenters. The van der Waals surface area contributed by atoms with Crippen LogP contribution >= 0.6 is 0 Å². The van der Waals surface area contributed by atoms with Gasteiger partial charge in [0.05, 0.1) is 84.0 Å². The van der Waals surface area contributed by atoms with Gasteiger partial charge in [-0.25, -0.2) is 0 Å². The van der Waals surface area contributed by atoms with Crippen LogP contribution in [0.15, 0.2) is 24.3 Å². The summed E-state index contributed by atoms with van der Waals surface area (Å²) in [5.74, 6) is -0.737. The lowest BCUT2D eigenvalue weighted by molar-refractivity contribution is -0.161. The highest BCUT2D eigenvalue weighted by molar-refractivity contribution is 5.70. The maximum atomic E-state index is 12.1. The van der Waals surface area contributed by atoms with Crippen LogP contribution in [0.3, 0.4) is 0 Å². The smallest absolute Gasteiger partial charge is 0.308 e. The quantitative estimate of drug-likeness (QED) is 0.270. The molecule has 0 aromatic heterocycles. The number of methoxy groups -OCH3 is 1. The summed E-state index contributed by atoms with van der Waals surface area (Å²) in [4.78, 5) is 23.8. The van der Waals surface area contributed by atoms with Gasteiger partial charge in [0.2, 0.25) is 0 Å². The summed E-state index contributed by atoms with van der Waals surface area (Å²) in [6.45, 7) is 17.9. The third kappa shape index (κ3) is 11.3. The number of carbonyl (C=O) groups excluding carboxylic acids is 2. The van der Waals surface area contributed by atoms with Crippen LogP contribution in [0.2, 0.25) is 0 Å². The van der Waals surface area contributed by atoms with Gasteiger partial charge in [-0.3, -0.25) is 9.59 Å². The van der Waals surface area contributed by atoms with Gasteiger partial charge in [0, 0.05) is 18.4 Å². The molecular formula is C38H60O13. The van der Waals surface area contributed by atoms with Gasteiger partial charge >= 0.3 is 11.9 Å². The fraction of sp³-hybridized carbons (Fsp3) is 0.789. The van der Waals surface area contributed by atoms with E-state index in [0.29, 0.717) is 39.6 Å². The van der Waals surface area contributed by atoms with E-state index >= 15 is 0 Å². The van der Waals surface area contributed by atoms with E-state index in [1.165, 1.54) is 0 Å².